The molecule has 0 saturated heterocycles. The second kappa shape index (κ2) is 15.6. The SMILES string of the molecule is c1ccc(-c2nc(-c3ccccc3)nc(-c3cccc(-n4c5ccccc5c5cc(-c6ccc7c(c6)c6cc(-n8c9ccccc9c9ccccc98)ccc6n7-c6ccccc6)ccc54)c3)n2)cc1. The van der Waals surface area contributed by atoms with E-state index in [1.807, 2.05) is 60.7 Å². The van der Waals surface area contributed by atoms with Gasteiger partial charge in [-0.25, -0.2) is 15.0 Å². The van der Waals surface area contributed by atoms with Gasteiger partial charge in [0, 0.05) is 66.1 Å². The fourth-order valence-corrected chi connectivity index (χ4v) is 10.5. The fourth-order valence-electron chi connectivity index (χ4n) is 10.5. The lowest BCUT2D eigenvalue weighted by Gasteiger charge is -2.12. The molecule has 0 aliphatic carbocycles. The molecule has 0 saturated carbocycles. The van der Waals surface area contributed by atoms with E-state index in [4.69, 9.17) is 15.0 Å². The Morgan fingerprint density at radius 2 is 0.551 bits per heavy atom. The summed E-state index contributed by atoms with van der Waals surface area (Å²) in [6.45, 7) is 0. The molecule has 322 valence electrons. The summed E-state index contributed by atoms with van der Waals surface area (Å²) >= 11 is 0. The van der Waals surface area contributed by atoms with Crippen molar-refractivity contribution < 1.29 is 0 Å². The molecule has 0 aliphatic heterocycles. The van der Waals surface area contributed by atoms with Crippen LogP contribution in [0.3, 0.4) is 0 Å². The number of benzene rings is 10. The first-order chi connectivity index (χ1) is 34.2. The Kier molecular flexibility index (Phi) is 8.79. The Labute approximate surface area is 397 Å². The van der Waals surface area contributed by atoms with Crippen molar-refractivity contribution in [3.05, 3.63) is 243 Å². The van der Waals surface area contributed by atoms with E-state index in [0.717, 1.165) is 55.9 Å². The first-order valence-corrected chi connectivity index (χ1v) is 23.4. The van der Waals surface area contributed by atoms with Gasteiger partial charge in [-0.15, -0.1) is 0 Å². The molecule has 6 heteroatoms. The zero-order valence-corrected chi connectivity index (χ0v) is 37.3. The quantitative estimate of drug-likeness (QED) is 0.160. The van der Waals surface area contributed by atoms with Gasteiger partial charge in [0.05, 0.1) is 33.1 Å². The second-order valence-electron chi connectivity index (χ2n) is 17.6. The van der Waals surface area contributed by atoms with Crippen LogP contribution in [-0.4, -0.2) is 28.7 Å². The van der Waals surface area contributed by atoms with Crippen LogP contribution in [0.4, 0.5) is 0 Å². The molecule has 0 bridgehead atoms. The van der Waals surface area contributed by atoms with Crippen LogP contribution in [0.25, 0.3) is 128 Å². The molecule has 0 atom stereocenters. The topological polar surface area (TPSA) is 53.5 Å². The zero-order valence-electron chi connectivity index (χ0n) is 37.3. The van der Waals surface area contributed by atoms with Crippen LogP contribution in [0.1, 0.15) is 0 Å². The fraction of sp³-hybridized carbons (Fsp3) is 0. The molecule has 0 N–H and O–H groups in total. The highest BCUT2D eigenvalue weighted by atomic mass is 15.0. The highest BCUT2D eigenvalue weighted by Gasteiger charge is 2.20. The van der Waals surface area contributed by atoms with E-state index in [-0.39, 0.29) is 0 Å². The normalized spacial score (nSPS) is 11.8. The maximum atomic E-state index is 5.06. The lowest BCUT2D eigenvalue weighted by molar-refractivity contribution is 1.07. The number of fused-ring (bicyclic) bond motifs is 9. The van der Waals surface area contributed by atoms with E-state index in [0.29, 0.717) is 17.5 Å². The van der Waals surface area contributed by atoms with Crippen molar-refractivity contribution in [3.63, 3.8) is 0 Å². The second-order valence-corrected chi connectivity index (χ2v) is 17.6. The van der Waals surface area contributed by atoms with Gasteiger partial charge in [0.25, 0.3) is 0 Å². The van der Waals surface area contributed by atoms with E-state index < -0.39 is 0 Å². The first kappa shape index (κ1) is 38.8. The molecule has 14 aromatic rings. The number of aromatic nitrogens is 6. The van der Waals surface area contributed by atoms with Gasteiger partial charge < -0.3 is 13.7 Å². The Bertz CT molecular complexity index is 4190. The van der Waals surface area contributed by atoms with E-state index in [1.165, 1.54) is 54.4 Å². The van der Waals surface area contributed by atoms with Crippen LogP contribution in [0.15, 0.2) is 243 Å². The minimum absolute atomic E-state index is 0.624. The number of nitrogens with zero attached hydrogens (tertiary/aromatic N) is 6. The molecule has 14 rings (SSSR count). The van der Waals surface area contributed by atoms with Crippen LogP contribution < -0.4 is 0 Å². The Balaban J connectivity index is 0.918. The van der Waals surface area contributed by atoms with Gasteiger partial charge in [-0.05, 0) is 96.1 Å². The van der Waals surface area contributed by atoms with Crippen LogP contribution in [0.5, 0.6) is 0 Å². The Hall–Kier alpha value is -9.39. The third kappa shape index (κ3) is 6.30. The first-order valence-electron chi connectivity index (χ1n) is 23.4. The summed E-state index contributed by atoms with van der Waals surface area (Å²) in [5.41, 5.74) is 15.4. The van der Waals surface area contributed by atoms with Gasteiger partial charge in [0.1, 0.15) is 0 Å². The third-order valence-corrected chi connectivity index (χ3v) is 13.7. The molecule has 4 heterocycles. The maximum absolute atomic E-state index is 5.06. The van der Waals surface area contributed by atoms with Crippen molar-refractivity contribution in [2.45, 2.75) is 0 Å². The molecule has 0 spiro atoms. The monoisotopic (exact) mass is 880 g/mol. The Morgan fingerprint density at radius 3 is 1.09 bits per heavy atom. The smallest absolute Gasteiger partial charge is 0.164 e. The van der Waals surface area contributed by atoms with Crippen LogP contribution in [-0.2, 0) is 0 Å². The van der Waals surface area contributed by atoms with E-state index in [1.54, 1.807) is 0 Å². The Morgan fingerprint density at radius 1 is 0.203 bits per heavy atom. The molecule has 10 aromatic carbocycles. The predicted octanol–water partition coefficient (Wildman–Crippen LogP) is 15.8. The molecule has 0 amide bonds. The van der Waals surface area contributed by atoms with Crippen molar-refractivity contribution in [1.82, 2.24) is 28.7 Å². The maximum Gasteiger partial charge on any atom is 0.164 e. The molecule has 69 heavy (non-hydrogen) atoms. The lowest BCUT2D eigenvalue weighted by atomic mass is 10.0. The minimum atomic E-state index is 0.624. The van der Waals surface area contributed by atoms with E-state index >= 15 is 0 Å². The molecule has 4 aromatic heterocycles. The number of hydrogen-bond acceptors (Lipinski definition) is 3. The van der Waals surface area contributed by atoms with Crippen molar-refractivity contribution in [1.29, 1.82) is 0 Å². The summed E-state index contributed by atoms with van der Waals surface area (Å²) in [7, 11) is 0. The van der Waals surface area contributed by atoms with Crippen molar-refractivity contribution in [3.8, 4) is 62.4 Å². The molecule has 0 fully saturated rings. The summed E-state index contributed by atoms with van der Waals surface area (Å²) in [6, 6.07) is 86.5. The summed E-state index contributed by atoms with van der Waals surface area (Å²) in [6.07, 6.45) is 0. The molecule has 6 nitrogen and oxygen atoms in total. The van der Waals surface area contributed by atoms with E-state index in [9.17, 15) is 0 Å². The largest absolute Gasteiger partial charge is 0.309 e. The predicted molar refractivity (Wildman–Crippen MR) is 285 cm³/mol. The molecule has 0 aliphatic rings. The molecular weight excluding hydrogens is 841 g/mol. The lowest BCUT2D eigenvalue weighted by Crippen LogP contribution is -2.01. The van der Waals surface area contributed by atoms with Crippen molar-refractivity contribution in [2.24, 2.45) is 0 Å². The van der Waals surface area contributed by atoms with Crippen LogP contribution >= 0.6 is 0 Å². The minimum Gasteiger partial charge on any atom is -0.309 e. The van der Waals surface area contributed by atoms with Gasteiger partial charge in [-0.3, -0.25) is 0 Å². The number of rotatable bonds is 7. The van der Waals surface area contributed by atoms with Gasteiger partial charge in [0.15, 0.2) is 17.5 Å². The highest BCUT2D eigenvalue weighted by Crippen LogP contribution is 2.41. The summed E-state index contributed by atoms with van der Waals surface area (Å²) in [5.74, 6) is 1.90. The summed E-state index contributed by atoms with van der Waals surface area (Å²) in [5, 5.41) is 7.30. The van der Waals surface area contributed by atoms with Crippen molar-refractivity contribution >= 4 is 65.4 Å². The molecular formula is C63H40N6. The van der Waals surface area contributed by atoms with E-state index in [2.05, 4.69) is 196 Å². The molecule has 0 radical (unpaired) electrons. The van der Waals surface area contributed by atoms with Gasteiger partial charge >= 0.3 is 0 Å². The summed E-state index contributed by atoms with van der Waals surface area (Å²) in [4.78, 5) is 15.1. The summed E-state index contributed by atoms with van der Waals surface area (Å²) < 4.78 is 7.17. The average Bonchev–Trinajstić information content (AvgIpc) is 4.06. The highest BCUT2D eigenvalue weighted by molar-refractivity contribution is 6.14. The zero-order chi connectivity index (χ0) is 45.4. The molecule has 0 unspecified atom stereocenters. The van der Waals surface area contributed by atoms with Gasteiger partial charge in [-0.1, -0.05) is 158 Å². The van der Waals surface area contributed by atoms with Crippen LogP contribution in [0, 0.1) is 0 Å². The van der Waals surface area contributed by atoms with Crippen LogP contribution in [0.2, 0.25) is 0 Å². The number of hydrogen-bond donors (Lipinski definition) is 0. The standard InChI is InChI=1S/C63H40N6/c1-4-17-41(18-5-1)61-64-62(42-19-6-2-7-20-42)66-63(65-61)45-21-16-24-47(37-45)68-57-30-15-12-27-51(57)52-38-43(31-34-58(52)68)44-32-35-59-53(39-44)54-40-48(33-36-60(54)67(59)46-22-8-3-9-23-46)69-55-28-13-10-25-49(55)50-26-11-14-29-56(50)69/h1-40H. The average molecular weight is 881 g/mol. The third-order valence-electron chi connectivity index (χ3n) is 13.7. The van der Waals surface area contributed by atoms with Gasteiger partial charge in [0.2, 0.25) is 0 Å². The number of para-hydroxylation sites is 4. The van der Waals surface area contributed by atoms with Crippen molar-refractivity contribution in [2.75, 3.05) is 0 Å². The van der Waals surface area contributed by atoms with Gasteiger partial charge in [-0.2, -0.15) is 0 Å².